The summed E-state index contributed by atoms with van der Waals surface area (Å²) in [4.78, 5) is 18.9. The van der Waals surface area contributed by atoms with E-state index in [0.29, 0.717) is 17.9 Å². The summed E-state index contributed by atoms with van der Waals surface area (Å²) in [6.07, 6.45) is 1.84. The van der Waals surface area contributed by atoms with Gasteiger partial charge >= 0.3 is 0 Å². The fourth-order valence-electron chi connectivity index (χ4n) is 2.95. The van der Waals surface area contributed by atoms with E-state index in [2.05, 4.69) is 20.6 Å². The molecule has 29 heavy (non-hydrogen) atoms. The molecular formula is C21H26N6O2. The second-order valence-corrected chi connectivity index (χ2v) is 7.16. The molecule has 0 saturated carbocycles. The van der Waals surface area contributed by atoms with Crippen molar-refractivity contribution in [2.75, 3.05) is 19.0 Å². The maximum atomic E-state index is 12.7. The average Bonchev–Trinajstić information content (AvgIpc) is 3.08. The zero-order chi connectivity index (χ0) is 21.0. The van der Waals surface area contributed by atoms with Gasteiger partial charge in [-0.15, -0.1) is 5.10 Å². The van der Waals surface area contributed by atoms with Gasteiger partial charge in [0.15, 0.2) is 5.69 Å². The van der Waals surface area contributed by atoms with Gasteiger partial charge in [0.25, 0.3) is 5.91 Å². The van der Waals surface area contributed by atoms with Crippen LogP contribution in [0.25, 0.3) is 5.69 Å². The summed E-state index contributed by atoms with van der Waals surface area (Å²) in [6, 6.07) is 11.3. The average molecular weight is 394 g/mol. The molecule has 8 nitrogen and oxygen atoms in total. The Morgan fingerprint density at radius 2 is 1.93 bits per heavy atom. The highest BCUT2D eigenvalue weighted by atomic mass is 16.5. The third-order valence-electron chi connectivity index (χ3n) is 4.29. The summed E-state index contributed by atoms with van der Waals surface area (Å²) >= 11 is 0. The summed E-state index contributed by atoms with van der Waals surface area (Å²) in [7, 11) is 3.84. The lowest BCUT2D eigenvalue weighted by Crippen LogP contribution is -2.25. The maximum Gasteiger partial charge on any atom is 0.274 e. The number of ether oxygens (including phenoxy) is 1. The summed E-state index contributed by atoms with van der Waals surface area (Å²) in [6.45, 7) is 6.14. The monoisotopic (exact) mass is 394 g/mol. The lowest BCUT2D eigenvalue weighted by atomic mass is 10.2. The highest BCUT2D eigenvalue weighted by Crippen LogP contribution is 2.18. The third-order valence-corrected chi connectivity index (χ3v) is 4.29. The Balaban J connectivity index is 1.73. The molecule has 1 N–H and O–H groups in total. The fraction of sp³-hybridized carbons (Fsp3) is 0.333. The third kappa shape index (κ3) is 4.71. The maximum absolute atomic E-state index is 12.7. The van der Waals surface area contributed by atoms with Crippen molar-refractivity contribution in [2.24, 2.45) is 0 Å². The first kappa shape index (κ1) is 20.3. The zero-order valence-corrected chi connectivity index (χ0v) is 17.4. The summed E-state index contributed by atoms with van der Waals surface area (Å²) in [5.41, 5.74) is 2.70. The largest absolute Gasteiger partial charge is 0.491 e. The molecule has 3 aromatic rings. The van der Waals surface area contributed by atoms with Crippen molar-refractivity contribution in [1.29, 1.82) is 0 Å². The van der Waals surface area contributed by atoms with Crippen LogP contribution in [0.15, 0.2) is 42.6 Å². The molecule has 0 aliphatic rings. The van der Waals surface area contributed by atoms with Gasteiger partial charge in [0.05, 0.1) is 17.5 Å². The standard InChI is InChI=1S/C21H26N6O2/c1-14(2)29-18-10-8-17(9-11-18)27-15(3)19(24-25-27)21(28)23-13-16-7-6-12-22-20(16)26(4)5/h6-12,14H,13H2,1-5H3,(H,23,28). The van der Waals surface area contributed by atoms with Crippen LogP contribution in [0.3, 0.4) is 0 Å². The molecule has 0 spiro atoms. The van der Waals surface area contributed by atoms with Crippen LogP contribution in [-0.2, 0) is 6.54 Å². The Morgan fingerprint density at radius 1 is 1.21 bits per heavy atom. The number of anilines is 1. The number of carbonyl (C=O) groups excluding carboxylic acids is 1. The van der Waals surface area contributed by atoms with Crippen LogP contribution in [0.4, 0.5) is 5.82 Å². The number of aromatic nitrogens is 4. The first-order valence-electron chi connectivity index (χ1n) is 9.45. The van der Waals surface area contributed by atoms with Crippen LogP contribution < -0.4 is 15.0 Å². The van der Waals surface area contributed by atoms with Gasteiger partial charge in [-0.2, -0.15) is 0 Å². The number of rotatable bonds is 7. The van der Waals surface area contributed by atoms with Crippen LogP contribution in [0.5, 0.6) is 5.75 Å². The fourth-order valence-corrected chi connectivity index (χ4v) is 2.95. The van der Waals surface area contributed by atoms with Gasteiger partial charge in [-0.05, 0) is 51.1 Å². The van der Waals surface area contributed by atoms with Gasteiger partial charge in [0.1, 0.15) is 11.6 Å². The number of benzene rings is 1. The van der Waals surface area contributed by atoms with Crippen LogP contribution in [0, 0.1) is 6.92 Å². The number of hydrogen-bond acceptors (Lipinski definition) is 6. The number of nitrogens with one attached hydrogen (secondary N) is 1. The van der Waals surface area contributed by atoms with Gasteiger partial charge in [-0.3, -0.25) is 4.79 Å². The lowest BCUT2D eigenvalue weighted by Gasteiger charge is -2.15. The Labute approximate surface area is 170 Å². The molecular weight excluding hydrogens is 368 g/mol. The zero-order valence-electron chi connectivity index (χ0n) is 17.4. The van der Waals surface area contributed by atoms with Gasteiger partial charge in [0.2, 0.25) is 0 Å². The van der Waals surface area contributed by atoms with Crippen LogP contribution in [-0.4, -0.2) is 46.1 Å². The summed E-state index contributed by atoms with van der Waals surface area (Å²) in [5.74, 6) is 1.33. The van der Waals surface area contributed by atoms with E-state index in [-0.39, 0.29) is 12.0 Å². The molecule has 0 aliphatic carbocycles. The molecule has 3 rings (SSSR count). The second kappa shape index (κ2) is 8.72. The molecule has 152 valence electrons. The minimum atomic E-state index is -0.276. The molecule has 2 aromatic heterocycles. The molecule has 0 bridgehead atoms. The lowest BCUT2D eigenvalue weighted by molar-refractivity contribution is 0.0945. The topological polar surface area (TPSA) is 85.2 Å². The predicted molar refractivity (Wildman–Crippen MR) is 112 cm³/mol. The quantitative estimate of drug-likeness (QED) is 0.663. The SMILES string of the molecule is Cc1c(C(=O)NCc2cccnc2N(C)C)nnn1-c1ccc(OC(C)C)cc1. The molecule has 0 aliphatic heterocycles. The molecule has 0 saturated heterocycles. The van der Waals surface area contributed by atoms with Crippen molar-refractivity contribution in [3.05, 3.63) is 59.5 Å². The molecule has 0 unspecified atom stereocenters. The van der Waals surface area contributed by atoms with Gasteiger partial charge in [0, 0.05) is 32.4 Å². The first-order chi connectivity index (χ1) is 13.9. The van der Waals surface area contributed by atoms with Crippen molar-refractivity contribution >= 4 is 11.7 Å². The van der Waals surface area contributed by atoms with Gasteiger partial charge in [-0.25, -0.2) is 9.67 Å². The van der Waals surface area contributed by atoms with Crippen LogP contribution in [0.2, 0.25) is 0 Å². The van der Waals surface area contributed by atoms with Crippen molar-refractivity contribution in [3.8, 4) is 11.4 Å². The molecule has 1 amide bonds. The van der Waals surface area contributed by atoms with Crippen LogP contribution >= 0.6 is 0 Å². The minimum absolute atomic E-state index is 0.108. The van der Waals surface area contributed by atoms with Gasteiger partial charge in [-0.1, -0.05) is 11.3 Å². The van der Waals surface area contributed by atoms with E-state index in [1.807, 2.05) is 76.2 Å². The number of amides is 1. The van der Waals surface area contributed by atoms with E-state index in [1.165, 1.54) is 0 Å². The van der Waals surface area contributed by atoms with Crippen molar-refractivity contribution in [2.45, 2.75) is 33.4 Å². The van der Waals surface area contributed by atoms with Crippen LogP contribution in [0.1, 0.15) is 35.6 Å². The number of hydrogen-bond donors (Lipinski definition) is 1. The second-order valence-electron chi connectivity index (χ2n) is 7.16. The van der Waals surface area contributed by atoms with Crippen molar-refractivity contribution in [1.82, 2.24) is 25.3 Å². The highest BCUT2D eigenvalue weighted by Gasteiger charge is 2.18. The van der Waals surface area contributed by atoms with E-state index in [4.69, 9.17) is 4.74 Å². The van der Waals surface area contributed by atoms with Gasteiger partial charge < -0.3 is 15.0 Å². The smallest absolute Gasteiger partial charge is 0.274 e. The van der Waals surface area contributed by atoms with E-state index in [0.717, 1.165) is 22.8 Å². The molecule has 0 fully saturated rings. The number of pyridine rings is 1. The molecule has 0 radical (unpaired) electrons. The Morgan fingerprint density at radius 3 is 2.59 bits per heavy atom. The number of carbonyl (C=O) groups is 1. The van der Waals surface area contributed by atoms with Crippen molar-refractivity contribution in [3.63, 3.8) is 0 Å². The normalized spacial score (nSPS) is 10.8. The first-order valence-corrected chi connectivity index (χ1v) is 9.45. The van der Waals surface area contributed by atoms with E-state index in [9.17, 15) is 4.79 Å². The minimum Gasteiger partial charge on any atom is -0.491 e. The Hall–Kier alpha value is -3.42. The van der Waals surface area contributed by atoms with E-state index >= 15 is 0 Å². The molecule has 8 heteroatoms. The number of nitrogens with zero attached hydrogens (tertiary/aromatic N) is 5. The van der Waals surface area contributed by atoms with E-state index < -0.39 is 0 Å². The Bertz CT molecular complexity index is 979. The van der Waals surface area contributed by atoms with E-state index in [1.54, 1.807) is 10.9 Å². The highest BCUT2D eigenvalue weighted by molar-refractivity contribution is 5.93. The van der Waals surface area contributed by atoms with Crippen molar-refractivity contribution < 1.29 is 9.53 Å². The summed E-state index contributed by atoms with van der Waals surface area (Å²) < 4.78 is 7.30. The predicted octanol–water partition coefficient (Wildman–Crippen LogP) is 2.75. The molecule has 1 aromatic carbocycles. The molecule has 2 heterocycles. The molecule has 0 atom stereocenters. The Kier molecular flexibility index (Phi) is 6.11. The summed E-state index contributed by atoms with van der Waals surface area (Å²) in [5, 5.41) is 11.1.